The van der Waals surface area contributed by atoms with E-state index in [2.05, 4.69) is 0 Å². The van der Waals surface area contributed by atoms with E-state index in [-0.39, 0.29) is 23.4 Å². The van der Waals surface area contributed by atoms with Crippen molar-refractivity contribution in [2.24, 2.45) is 0 Å². The van der Waals surface area contributed by atoms with Crippen molar-refractivity contribution < 1.29 is 9.90 Å². The van der Waals surface area contributed by atoms with E-state index in [0.717, 1.165) is 5.52 Å². The van der Waals surface area contributed by atoms with E-state index in [1.807, 2.05) is 11.5 Å². The molecule has 0 bridgehead atoms. The molecule has 1 aliphatic heterocycles. The summed E-state index contributed by atoms with van der Waals surface area (Å²) in [7, 11) is 0. The Balaban J connectivity index is 2.13. The van der Waals surface area contributed by atoms with Gasteiger partial charge in [-0.1, -0.05) is 11.6 Å². The van der Waals surface area contributed by atoms with Crippen LogP contribution in [0.2, 0.25) is 5.02 Å². The third-order valence-electron chi connectivity index (χ3n) is 4.35. The van der Waals surface area contributed by atoms with Gasteiger partial charge in [-0.15, -0.1) is 0 Å². The van der Waals surface area contributed by atoms with Gasteiger partial charge in [0, 0.05) is 36.2 Å². The first kappa shape index (κ1) is 16.0. The lowest BCUT2D eigenvalue weighted by Gasteiger charge is -2.20. The van der Waals surface area contributed by atoms with Crippen LogP contribution in [0.1, 0.15) is 30.6 Å². The molecule has 0 spiro atoms. The largest absolute Gasteiger partial charge is 0.388 e. The van der Waals surface area contributed by atoms with Crippen LogP contribution in [0.4, 0.5) is 0 Å². The average Bonchev–Trinajstić information content (AvgIpc) is 2.87. The fourth-order valence-corrected chi connectivity index (χ4v) is 3.24. The Morgan fingerprint density at radius 3 is 2.78 bits per heavy atom. The first-order valence-electron chi connectivity index (χ1n) is 7.67. The quantitative estimate of drug-likeness (QED) is 0.916. The first-order valence-corrected chi connectivity index (χ1v) is 8.04. The number of halogens is 1. The van der Waals surface area contributed by atoms with Crippen molar-refractivity contribution in [3.05, 3.63) is 45.2 Å². The minimum Gasteiger partial charge on any atom is -0.388 e. The number of fused-ring (bicyclic) bond motifs is 1. The van der Waals surface area contributed by atoms with E-state index >= 15 is 0 Å². The summed E-state index contributed by atoms with van der Waals surface area (Å²) in [4.78, 5) is 27.0. The predicted molar refractivity (Wildman–Crippen MR) is 90.0 cm³/mol. The Hall–Kier alpha value is -1.85. The molecule has 2 aromatic rings. The van der Waals surface area contributed by atoms with Crippen LogP contribution in [0.3, 0.4) is 0 Å². The summed E-state index contributed by atoms with van der Waals surface area (Å²) >= 11 is 6.01. The van der Waals surface area contributed by atoms with Crippen LogP contribution in [0.25, 0.3) is 10.9 Å². The van der Waals surface area contributed by atoms with Crippen molar-refractivity contribution in [3.8, 4) is 0 Å². The van der Waals surface area contributed by atoms with Gasteiger partial charge in [-0.25, -0.2) is 0 Å². The topological polar surface area (TPSA) is 62.5 Å². The maximum atomic E-state index is 12.7. The van der Waals surface area contributed by atoms with Gasteiger partial charge < -0.3 is 14.6 Å². The third kappa shape index (κ3) is 2.86. The molecule has 1 saturated heterocycles. The highest BCUT2D eigenvalue weighted by Crippen LogP contribution is 2.23. The Bertz CT molecular complexity index is 842. The zero-order valence-electron chi connectivity index (χ0n) is 13.2. The highest BCUT2D eigenvalue weighted by atomic mass is 35.5. The molecule has 0 radical (unpaired) electrons. The number of pyridine rings is 1. The number of aryl methyl sites for hydroxylation is 1. The number of aromatic nitrogens is 1. The van der Waals surface area contributed by atoms with Gasteiger partial charge in [0.2, 0.25) is 5.43 Å². The van der Waals surface area contributed by atoms with Crippen molar-refractivity contribution in [1.82, 2.24) is 9.47 Å². The van der Waals surface area contributed by atoms with Gasteiger partial charge >= 0.3 is 0 Å². The van der Waals surface area contributed by atoms with Gasteiger partial charge in [0.15, 0.2) is 0 Å². The van der Waals surface area contributed by atoms with Crippen molar-refractivity contribution in [3.63, 3.8) is 0 Å². The third-order valence-corrected chi connectivity index (χ3v) is 4.59. The number of aliphatic hydroxyl groups is 1. The zero-order chi connectivity index (χ0) is 16.8. The predicted octanol–water partition coefficient (Wildman–Crippen LogP) is 2.27. The Kier molecular flexibility index (Phi) is 3.94. The van der Waals surface area contributed by atoms with Crippen LogP contribution in [-0.2, 0) is 6.54 Å². The van der Waals surface area contributed by atoms with Crippen molar-refractivity contribution in [2.75, 3.05) is 13.1 Å². The molecular weight excluding hydrogens is 316 g/mol. The summed E-state index contributed by atoms with van der Waals surface area (Å²) in [5.74, 6) is -0.336. The average molecular weight is 335 g/mol. The Labute approximate surface area is 139 Å². The molecule has 1 unspecified atom stereocenters. The highest BCUT2D eigenvalue weighted by Gasteiger charge is 2.35. The molecule has 5 nitrogen and oxygen atoms in total. The van der Waals surface area contributed by atoms with E-state index in [4.69, 9.17) is 11.6 Å². The molecule has 1 N–H and O–H groups in total. The molecule has 23 heavy (non-hydrogen) atoms. The number of rotatable bonds is 2. The highest BCUT2D eigenvalue weighted by molar-refractivity contribution is 6.31. The number of hydrogen-bond acceptors (Lipinski definition) is 3. The molecule has 6 heteroatoms. The molecular formula is C17H19ClN2O3. The molecule has 2 heterocycles. The normalized spacial score (nSPS) is 21.1. The first-order chi connectivity index (χ1) is 10.8. The summed E-state index contributed by atoms with van der Waals surface area (Å²) in [6.45, 7) is 4.98. The minimum atomic E-state index is -0.889. The molecule has 3 rings (SSSR count). The molecule has 1 atom stereocenters. The number of amides is 1. The van der Waals surface area contributed by atoms with Crippen LogP contribution in [-0.4, -0.2) is 39.2 Å². The molecule has 1 aromatic carbocycles. The summed E-state index contributed by atoms with van der Waals surface area (Å²) in [5, 5.41) is 10.9. The lowest BCUT2D eigenvalue weighted by atomic mass is 10.1. The van der Waals surface area contributed by atoms with Gasteiger partial charge in [0.1, 0.15) is 5.56 Å². The molecule has 1 fully saturated rings. The molecule has 0 aliphatic carbocycles. The summed E-state index contributed by atoms with van der Waals surface area (Å²) in [6.07, 6.45) is 2.12. The molecule has 122 valence electrons. The summed E-state index contributed by atoms with van der Waals surface area (Å²) in [5.41, 5.74) is -0.325. The standard InChI is InChI=1S/C17H19ClN2O3/c1-3-19-9-13(16(22)20-7-6-17(2,23)10-20)15(21)12-8-11(18)4-5-14(12)19/h4-5,8-9,23H,3,6-7,10H2,1-2H3. The van der Waals surface area contributed by atoms with Crippen LogP contribution < -0.4 is 5.43 Å². The van der Waals surface area contributed by atoms with Crippen LogP contribution in [0, 0.1) is 0 Å². The molecule has 0 saturated carbocycles. The molecule has 1 aliphatic rings. The number of likely N-dealkylation sites (tertiary alicyclic amines) is 1. The number of β-amino-alcohol motifs (C(OH)–C–C–N with tert-alkyl or cyclic N) is 1. The Morgan fingerprint density at radius 2 is 2.17 bits per heavy atom. The number of benzene rings is 1. The lowest BCUT2D eigenvalue weighted by Crippen LogP contribution is -2.36. The van der Waals surface area contributed by atoms with Gasteiger partial charge in [0.05, 0.1) is 11.1 Å². The number of carbonyl (C=O) groups excluding carboxylic acids is 1. The van der Waals surface area contributed by atoms with Crippen molar-refractivity contribution in [2.45, 2.75) is 32.4 Å². The lowest BCUT2D eigenvalue weighted by molar-refractivity contribution is 0.0571. The molecule has 1 amide bonds. The maximum absolute atomic E-state index is 12.7. The van der Waals surface area contributed by atoms with E-state index in [9.17, 15) is 14.7 Å². The van der Waals surface area contributed by atoms with Crippen LogP contribution >= 0.6 is 11.6 Å². The number of nitrogens with zero attached hydrogens (tertiary/aromatic N) is 2. The Morgan fingerprint density at radius 1 is 1.43 bits per heavy atom. The number of carbonyl (C=O) groups is 1. The van der Waals surface area contributed by atoms with Crippen LogP contribution in [0.15, 0.2) is 29.2 Å². The number of hydrogen-bond donors (Lipinski definition) is 1. The van der Waals surface area contributed by atoms with Crippen LogP contribution in [0.5, 0.6) is 0 Å². The SMILES string of the molecule is CCn1cc(C(=O)N2CCC(C)(O)C2)c(=O)c2cc(Cl)ccc21. The minimum absolute atomic E-state index is 0.124. The van der Waals surface area contributed by atoms with Gasteiger partial charge in [0.25, 0.3) is 5.91 Å². The van der Waals surface area contributed by atoms with Gasteiger partial charge in [-0.3, -0.25) is 9.59 Å². The van der Waals surface area contributed by atoms with Crippen molar-refractivity contribution in [1.29, 1.82) is 0 Å². The van der Waals surface area contributed by atoms with Gasteiger partial charge in [-0.05, 0) is 38.5 Å². The second-order valence-corrected chi connectivity index (χ2v) is 6.73. The fourth-order valence-electron chi connectivity index (χ4n) is 3.07. The zero-order valence-corrected chi connectivity index (χ0v) is 13.9. The second kappa shape index (κ2) is 5.65. The van der Waals surface area contributed by atoms with Crippen molar-refractivity contribution >= 4 is 28.4 Å². The fraction of sp³-hybridized carbons (Fsp3) is 0.412. The summed E-state index contributed by atoms with van der Waals surface area (Å²) in [6, 6.07) is 5.12. The van der Waals surface area contributed by atoms with E-state index in [1.165, 1.54) is 4.90 Å². The van der Waals surface area contributed by atoms with E-state index in [1.54, 1.807) is 31.3 Å². The van der Waals surface area contributed by atoms with E-state index in [0.29, 0.717) is 29.9 Å². The van der Waals surface area contributed by atoms with Gasteiger partial charge in [-0.2, -0.15) is 0 Å². The second-order valence-electron chi connectivity index (χ2n) is 6.29. The molecule has 1 aromatic heterocycles. The summed E-state index contributed by atoms with van der Waals surface area (Å²) < 4.78 is 1.87. The van der Waals surface area contributed by atoms with E-state index < -0.39 is 5.60 Å². The smallest absolute Gasteiger partial charge is 0.259 e. The monoisotopic (exact) mass is 334 g/mol. The maximum Gasteiger partial charge on any atom is 0.259 e.